The summed E-state index contributed by atoms with van der Waals surface area (Å²) in [6, 6.07) is 12.8. The van der Waals surface area contributed by atoms with E-state index in [9.17, 15) is 23.2 Å². The van der Waals surface area contributed by atoms with Crippen LogP contribution in [0.25, 0.3) is 16.6 Å². The molecule has 0 fully saturated rings. The molecule has 2 aromatic carbocycles. The molecule has 3 heterocycles. The summed E-state index contributed by atoms with van der Waals surface area (Å²) in [4.78, 5) is 26.1. The van der Waals surface area contributed by atoms with Crippen molar-refractivity contribution in [2.45, 2.75) is 18.6 Å². The van der Waals surface area contributed by atoms with Crippen molar-refractivity contribution in [2.24, 2.45) is 5.10 Å². The maximum atomic E-state index is 13.8. The van der Waals surface area contributed by atoms with Crippen molar-refractivity contribution in [3.63, 3.8) is 0 Å². The first-order valence-corrected chi connectivity index (χ1v) is 10.3. The lowest BCUT2D eigenvalue weighted by Gasteiger charge is -2.26. The SMILES string of the molecule is N#Cc1c(N)ncnc1N1N=CCC1c1nc2cccc(C(F)(F)F)c2c(=O)n1-c1ccccc1. The number of halogens is 3. The Morgan fingerprint density at radius 2 is 1.86 bits per heavy atom. The quantitative estimate of drug-likeness (QED) is 0.479. The van der Waals surface area contributed by atoms with E-state index >= 15 is 0 Å². The van der Waals surface area contributed by atoms with E-state index in [0.29, 0.717) is 5.69 Å². The summed E-state index contributed by atoms with van der Waals surface area (Å²) < 4.78 is 42.5. The van der Waals surface area contributed by atoms with Gasteiger partial charge in [0.1, 0.15) is 35.6 Å². The van der Waals surface area contributed by atoms with Crippen LogP contribution < -0.4 is 16.3 Å². The molecular weight excluding hydrogens is 461 g/mol. The molecule has 0 bridgehead atoms. The van der Waals surface area contributed by atoms with Crippen LogP contribution in [-0.4, -0.2) is 25.7 Å². The molecule has 1 aliphatic rings. The van der Waals surface area contributed by atoms with Crippen LogP contribution in [-0.2, 0) is 6.18 Å². The molecule has 1 atom stereocenters. The molecule has 0 aliphatic carbocycles. The van der Waals surface area contributed by atoms with Gasteiger partial charge in [-0.25, -0.2) is 20.0 Å². The van der Waals surface area contributed by atoms with Gasteiger partial charge in [-0.2, -0.15) is 23.5 Å². The number of fused-ring (bicyclic) bond motifs is 1. The zero-order valence-corrected chi connectivity index (χ0v) is 17.8. The number of nitrogen functional groups attached to an aromatic ring is 1. The smallest absolute Gasteiger partial charge is 0.382 e. The standard InChI is InChI=1S/C23H15F3N8O/c24-23(25,26)15-7-4-8-16-18(15)22(35)33(13-5-2-1-3-6-13)21(32-16)17-9-10-31-34(17)20-14(11-27)19(28)29-12-30-20/h1-8,10,12,17H,9H2,(H2,28,29,30). The third kappa shape index (κ3) is 3.63. The summed E-state index contributed by atoms with van der Waals surface area (Å²) in [6.07, 6.45) is -1.79. The molecule has 0 amide bonds. The van der Waals surface area contributed by atoms with Crippen LogP contribution in [0.15, 0.2) is 64.8 Å². The Kier molecular flexibility index (Phi) is 5.17. The zero-order chi connectivity index (χ0) is 24.7. The van der Waals surface area contributed by atoms with Gasteiger partial charge < -0.3 is 5.73 Å². The third-order valence-corrected chi connectivity index (χ3v) is 5.56. The van der Waals surface area contributed by atoms with Gasteiger partial charge in [0.2, 0.25) is 0 Å². The van der Waals surface area contributed by atoms with Crippen molar-refractivity contribution in [2.75, 3.05) is 10.7 Å². The van der Waals surface area contributed by atoms with Crippen LogP contribution in [0.4, 0.5) is 24.8 Å². The van der Waals surface area contributed by atoms with E-state index < -0.39 is 28.7 Å². The monoisotopic (exact) mass is 476 g/mol. The summed E-state index contributed by atoms with van der Waals surface area (Å²) in [5.74, 6) is 0.170. The van der Waals surface area contributed by atoms with Gasteiger partial charge in [0.25, 0.3) is 5.56 Å². The van der Waals surface area contributed by atoms with Crippen molar-refractivity contribution in [1.29, 1.82) is 5.26 Å². The van der Waals surface area contributed by atoms with E-state index in [2.05, 4.69) is 20.1 Å². The number of anilines is 2. The minimum atomic E-state index is -4.75. The predicted molar refractivity (Wildman–Crippen MR) is 122 cm³/mol. The second-order valence-electron chi connectivity index (χ2n) is 7.61. The topological polar surface area (TPSA) is 126 Å². The van der Waals surface area contributed by atoms with Crippen LogP contribution in [0.5, 0.6) is 0 Å². The fourth-order valence-electron chi connectivity index (χ4n) is 4.04. The highest BCUT2D eigenvalue weighted by Gasteiger charge is 2.37. The summed E-state index contributed by atoms with van der Waals surface area (Å²) in [6.45, 7) is 0. The van der Waals surface area contributed by atoms with E-state index in [1.54, 1.807) is 36.5 Å². The second kappa shape index (κ2) is 8.21. The highest BCUT2D eigenvalue weighted by atomic mass is 19.4. The van der Waals surface area contributed by atoms with Gasteiger partial charge >= 0.3 is 6.18 Å². The van der Waals surface area contributed by atoms with E-state index in [0.717, 1.165) is 10.6 Å². The van der Waals surface area contributed by atoms with Crippen LogP contribution in [0, 0.1) is 11.3 Å². The van der Waals surface area contributed by atoms with Crippen LogP contribution in [0.2, 0.25) is 0 Å². The molecule has 0 radical (unpaired) electrons. The molecule has 2 aromatic heterocycles. The van der Waals surface area contributed by atoms with Gasteiger partial charge in [0, 0.05) is 12.6 Å². The first-order chi connectivity index (χ1) is 16.8. The molecule has 0 saturated carbocycles. The van der Waals surface area contributed by atoms with Gasteiger partial charge in [0.15, 0.2) is 5.82 Å². The third-order valence-electron chi connectivity index (χ3n) is 5.56. The number of para-hydroxylation sites is 1. The highest BCUT2D eigenvalue weighted by Crippen LogP contribution is 2.37. The Labute approximate surface area is 195 Å². The fourth-order valence-corrected chi connectivity index (χ4v) is 4.04. The van der Waals surface area contributed by atoms with Gasteiger partial charge in [-0.05, 0) is 24.3 Å². The van der Waals surface area contributed by atoms with Gasteiger partial charge in [-0.1, -0.05) is 24.3 Å². The number of alkyl halides is 3. The number of hydrazone groups is 1. The number of benzene rings is 2. The molecule has 0 spiro atoms. The molecule has 5 rings (SSSR count). The lowest BCUT2D eigenvalue weighted by atomic mass is 10.1. The van der Waals surface area contributed by atoms with E-state index in [-0.39, 0.29) is 35.0 Å². The number of nitrogens with zero attached hydrogens (tertiary/aromatic N) is 7. The second-order valence-corrected chi connectivity index (χ2v) is 7.61. The Morgan fingerprint density at radius 3 is 2.57 bits per heavy atom. The van der Waals surface area contributed by atoms with Crippen LogP contribution in [0.1, 0.15) is 29.4 Å². The number of aromatic nitrogens is 4. The molecule has 12 heteroatoms. The molecule has 35 heavy (non-hydrogen) atoms. The van der Waals surface area contributed by atoms with Crippen molar-refractivity contribution in [1.82, 2.24) is 19.5 Å². The van der Waals surface area contributed by atoms with Gasteiger partial charge in [0.05, 0.1) is 22.2 Å². The number of nitriles is 1. The molecule has 2 N–H and O–H groups in total. The summed E-state index contributed by atoms with van der Waals surface area (Å²) in [5, 5.41) is 14.7. The number of rotatable bonds is 3. The normalized spacial score (nSPS) is 15.5. The summed E-state index contributed by atoms with van der Waals surface area (Å²) in [5.41, 5.74) is 4.08. The predicted octanol–water partition coefficient (Wildman–Crippen LogP) is 3.59. The number of hydrogen-bond donors (Lipinski definition) is 1. The van der Waals surface area contributed by atoms with Gasteiger partial charge in [-0.15, -0.1) is 0 Å². The molecule has 1 unspecified atom stereocenters. The van der Waals surface area contributed by atoms with Gasteiger partial charge in [-0.3, -0.25) is 9.36 Å². The van der Waals surface area contributed by atoms with Crippen molar-refractivity contribution in [3.05, 3.63) is 82.2 Å². The molecular formula is C23H15F3N8O. The first kappa shape index (κ1) is 22.0. The average Bonchev–Trinajstić information content (AvgIpc) is 3.33. The fraction of sp³-hybridized carbons (Fsp3) is 0.130. The lowest BCUT2D eigenvalue weighted by molar-refractivity contribution is -0.136. The molecule has 0 saturated heterocycles. The molecule has 1 aliphatic heterocycles. The molecule has 4 aromatic rings. The summed E-state index contributed by atoms with van der Waals surface area (Å²) >= 11 is 0. The largest absolute Gasteiger partial charge is 0.417 e. The number of nitrogens with two attached hydrogens (primary N) is 1. The maximum absolute atomic E-state index is 13.8. The number of hydrogen-bond acceptors (Lipinski definition) is 8. The summed E-state index contributed by atoms with van der Waals surface area (Å²) in [7, 11) is 0. The lowest BCUT2D eigenvalue weighted by Crippen LogP contribution is -2.32. The van der Waals surface area contributed by atoms with Crippen molar-refractivity contribution in [3.8, 4) is 11.8 Å². The highest BCUT2D eigenvalue weighted by molar-refractivity contribution is 5.83. The Morgan fingerprint density at radius 1 is 1.09 bits per heavy atom. The van der Waals surface area contributed by atoms with Crippen molar-refractivity contribution >= 4 is 28.8 Å². The maximum Gasteiger partial charge on any atom is 0.417 e. The van der Waals surface area contributed by atoms with Crippen molar-refractivity contribution < 1.29 is 13.2 Å². The van der Waals surface area contributed by atoms with E-state index in [4.69, 9.17) is 5.73 Å². The Bertz CT molecular complexity index is 1570. The minimum absolute atomic E-state index is 0.0229. The molecule has 9 nitrogen and oxygen atoms in total. The first-order valence-electron chi connectivity index (χ1n) is 10.3. The molecule has 174 valence electrons. The minimum Gasteiger partial charge on any atom is -0.382 e. The Balaban J connectivity index is 1.81. The zero-order valence-electron chi connectivity index (χ0n) is 17.8. The average molecular weight is 476 g/mol. The van der Waals surface area contributed by atoms with E-state index in [1.807, 2.05) is 6.07 Å². The van der Waals surface area contributed by atoms with Crippen LogP contribution in [0.3, 0.4) is 0 Å². The van der Waals surface area contributed by atoms with Crippen LogP contribution >= 0.6 is 0 Å². The Hall–Kier alpha value is -4.79. The van der Waals surface area contributed by atoms with E-state index in [1.165, 1.54) is 23.5 Å².